The maximum absolute atomic E-state index is 12.5. The molecule has 22 heavy (non-hydrogen) atoms. The highest BCUT2D eigenvalue weighted by Gasteiger charge is 2.34. The summed E-state index contributed by atoms with van der Waals surface area (Å²) in [6.07, 6.45) is 4.19. The van der Waals surface area contributed by atoms with Gasteiger partial charge in [0.2, 0.25) is 5.91 Å². The largest absolute Gasteiger partial charge is 0.480 e. The zero-order chi connectivity index (χ0) is 16.1. The number of carbonyl (C=O) groups excluding carboxylic acids is 1. The van der Waals surface area contributed by atoms with Crippen LogP contribution in [0.5, 0.6) is 0 Å². The fraction of sp³-hybridized carbons (Fsp3) is 0.875. The molecule has 0 aromatic carbocycles. The number of carboxylic acid groups (broad SMARTS) is 1. The molecule has 2 aliphatic rings. The van der Waals surface area contributed by atoms with Crippen LogP contribution in [0, 0.1) is 11.8 Å². The van der Waals surface area contributed by atoms with E-state index in [4.69, 9.17) is 4.74 Å². The Bertz CT molecular complexity index is 396. The van der Waals surface area contributed by atoms with Crippen molar-refractivity contribution >= 4 is 11.9 Å². The van der Waals surface area contributed by atoms with Crippen molar-refractivity contribution in [3.63, 3.8) is 0 Å². The smallest absolute Gasteiger partial charge is 0.326 e. The number of rotatable bonds is 7. The van der Waals surface area contributed by atoms with Gasteiger partial charge < -0.3 is 15.2 Å². The predicted molar refractivity (Wildman–Crippen MR) is 82.5 cm³/mol. The Morgan fingerprint density at radius 2 is 2.09 bits per heavy atom. The van der Waals surface area contributed by atoms with Crippen LogP contribution in [-0.4, -0.2) is 60.3 Å². The molecule has 6 nitrogen and oxygen atoms in total. The van der Waals surface area contributed by atoms with Gasteiger partial charge in [-0.25, -0.2) is 4.79 Å². The minimum absolute atomic E-state index is 0.216. The summed E-state index contributed by atoms with van der Waals surface area (Å²) in [7, 11) is 0. The second kappa shape index (κ2) is 7.92. The van der Waals surface area contributed by atoms with Crippen LogP contribution in [0.3, 0.4) is 0 Å². The monoisotopic (exact) mass is 312 g/mol. The number of nitrogens with one attached hydrogen (secondary N) is 1. The third-order valence-corrected chi connectivity index (χ3v) is 4.58. The lowest BCUT2D eigenvalue weighted by molar-refractivity contribution is -0.145. The highest BCUT2D eigenvalue weighted by Crippen LogP contribution is 2.28. The van der Waals surface area contributed by atoms with Gasteiger partial charge in [0.15, 0.2) is 0 Å². The van der Waals surface area contributed by atoms with Gasteiger partial charge >= 0.3 is 5.97 Å². The molecule has 0 bridgehead atoms. The lowest BCUT2D eigenvalue weighted by atomic mass is 9.84. The van der Waals surface area contributed by atoms with E-state index in [9.17, 15) is 14.7 Å². The third-order valence-electron chi connectivity index (χ3n) is 4.58. The molecule has 1 saturated carbocycles. The average molecular weight is 312 g/mol. The first kappa shape index (κ1) is 17.2. The number of nitrogens with zero attached hydrogens (tertiary/aromatic N) is 1. The quantitative estimate of drug-likeness (QED) is 0.736. The normalized spacial score (nSPS) is 24.8. The van der Waals surface area contributed by atoms with Gasteiger partial charge in [-0.3, -0.25) is 9.69 Å². The molecule has 2 rings (SSSR count). The maximum Gasteiger partial charge on any atom is 0.326 e. The summed E-state index contributed by atoms with van der Waals surface area (Å²) in [4.78, 5) is 26.0. The van der Waals surface area contributed by atoms with Crippen LogP contribution >= 0.6 is 0 Å². The van der Waals surface area contributed by atoms with Crippen LogP contribution in [0.25, 0.3) is 0 Å². The summed E-state index contributed by atoms with van der Waals surface area (Å²) in [6, 6.07) is -1.18. The standard InChI is InChI=1S/C16H28N2O4/c1-11(2)8-13(16(20)21)17-15(19)14-10-22-7-6-18(14)9-12-4-3-5-12/h11-14H,3-10H2,1-2H3,(H,17,19)(H,20,21)/t13-,14?/m1/s1. The third kappa shape index (κ3) is 4.68. The van der Waals surface area contributed by atoms with Crippen molar-refractivity contribution < 1.29 is 19.4 Å². The fourth-order valence-corrected chi connectivity index (χ4v) is 3.07. The lowest BCUT2D eigenvalue weighted by Gasteiger charge is -2.39. The number of hydrogen-bond acceptors (Lipinski definition) is 4. The van der Waals surface area contributed by atoms with Crippen LogP contribution < -0.4 is 5.32 Å². The molecule has 0 aromatic rings. The number of amides is 1. The zero-order valence-electron chi connectivity index (χ0n) is 13.6. The number of hydrogen-bond donors (Lipinski definition) is 2. The van der Waals surface area contributed by atoms with E-state index >= 15 is 0 Å². The average Bonchev–Trinajstić information content (AvgIpc) is 2.42. The van der Waals surface area contributed by atoms with Crippen molar-refractivity contribution in [1.29, 1.82) is 0 Å². The molecule has 0 radical (unpaired) electrons. The summed E-state index contributed by atoms with van der Waals surface area (Å²) in [6.45, 7) is 6.57. The van der Waals surface area contributed by atoms with E-state index in [1.807, 2.05) is 13.8 Å². The molecule has 1 aliphatic heterocycles. The van der Waals surface area contributed by atoms with Crippen LogP contribution in [0.1, 0.15) is 39.5 Å². The van der Waals surface area contributed by atoms with Crippen molar-refractivity contribution in [2.24, 2.45) is 11.8 Å². The first-order chi connectivity index (χ1) is 10.5. The second-order valence-corrected chi connectivity index (χ2v) is 6.91. The van der Waals surface area contributed by atoms with Crippen LogP contribution in [0.2, 0.25) is 0 Å². The SMILES string of the molecule is CC(C)C[C@@H](NC(=O)C1COCCN1CC1CCC1)C(=O)O. The topological polar surface area (TPSA) is 78.9 Å². The molecule has 2 fully saturated rings. The molecule has 1 heterocycles. The Hall–Kier alpha value is -1.14. The van der Waals surface area contributed by atoms with E-state index in [2.05, 4.69) is 10.2 Å². The van der Waals surface area contributed by atoms with Gasteiger partial charge in [-0.15, -0.1) is 0 Å². The predicted octanol–water partition coefficient (Wildman–Crippen LogP) is 1.10. The van der Waals surface area contributed by atoms with E-state index in [0.29, 0.717) is 25.6 Å². The van der Waals surface area contributed by atoms with Crippen molar-refractivity contribution in [3.05, 3.63) is 0 Å². The van der Waals surface area contributed by atoms with E-state index in [0.717, 1.165) is 13.1 Å². The summed E-state index contributed by atoms with van der Waals surface area (Å²) in [5.41, 5.74) is 0. The molecule has 1 amide bonds. The molecule has 0 aromatic heterocycles. The zero-order valence-corrected chi connectivity index (χ0v) is 13.6. The van der Waals surface area contributed by atoms with Crippen molar-refractivity contribution in [2.75, 3.05) is 26.3 Å². The van der Waals surface area contributed by atoms with Gasteiger partial charge in [0, 0.05) is 13.1 Å². The number of ether oxygens (including phenoxy) is 1. The number of carboxylic acids is 1. The van der Waals surface area contributed by atoms with Crippen LogP contribution in [-0.2, 0) is 14.3 Å². The minimum Gasteiger partial charge on any atom is -0.480 e. The highest BCUT2D eigenvalue weighted by molar-refractivity contribution is 5.87. The highest BCUT2D eigenvalue weighted by atomic mass is 16.5. The fourth-order valence-electron chi connectivity index (χ4n) is 3.07. The molecule has 1 aliphatic carbocycles. The summed E-state index contributed by atoms with van der Waals surface area (Å²) < 4.78 is 5.44. The van der Waals surface area contributed by atoms with Gasteiger partial charge in [-0.2, -0.15) is 0 Å². The van der Waals surface area contributed by atoms with Gasteiger partial charge in [0.1, 0.15) is 12.1 Å². The maximum atomic E-state index is 12.5. The van der Waals surface area contributed by atoms with Crippen molar-refractivity contribution in [2.45, 2.75) is 51.6 Å². The summed E-state index contributed by atoms with van der Waals surface area (Å²) in [5.74, 6) is -0.286. The Labute approximate surface area is 132 Å². The van der Waals surface area contributed by atoms with Crippen molar-refractivity contribution in [1.82, 2.24) is 10.2 Å². The summed E-state index contributed by atoms with van der Waals surface area (Å²) in [5, 5.41) is 12.0. The lowest BCUT2D eigenvalue weighted by Crippen LogP contribution is -2.57. The van der Waals surface area contributed by atoms with Gasteiger partial charge in [-0.05, 0) is 31.1 Å². The molecule has 126 valence electrons. The second-order valence-electron chi connectivity index (χ2n) is 6.91. The van der Waals surface area contributed by atoms with Gasteiger partial charge in [-0.1, -0.05) is 20.3 Å². The first-order valence-electron chi connectivity index (χ1n) is 8.32. The van der Waals surface area contributed by atoms with Gasteiger partial charge in [0.25, 0.3) is 0 Å². The summed E-state index contributed by atoms with van der Waals surface area (Å²) >= 11 is 0. The van der Waals surface area contributed by atoms with E-state index in [1.165, 1.54) is 19.3 Å². The molecule has 2 N–H and O–H groups in total. The molecular weight excluding hydrogens is 284 g/mol. The Balaban J connectivity index is 1.93. The molecule has 1 unspecified atom stereocenters. The van der Waals surface area contributed by atoms with Gasteiger partial charge in [0.05, 0.1) is 13.2 Å². The Morgan fingerprint density at radius 1 is 1.36 bits per heavy atom. The molecule has 2 atom stereocenters. The Kier molecular flexibility index (Phi) is 6.20. The molecule has 0 spiro atoms. The number of morpholine rings is 1. The first-order valence-corrected chi connectivity index (χ1v) is 8.32. The molecular formula is C16H28N2O4. The Morgan fingerprint density at radius 3 is 2.64 bits per heavy atom. The van der Waals surface area contributed by atoms with E-state index in [-0.39, 0.29) is 17.9 Å². The molecule has 1 saturated heterocycles. The number of aliphatic carboxylic acids is 1. The van der Waals surface area contributed by atoms with Crippen LogP contribution in [0.15, 0.2) is 0 Å². The van der Waals surface area contributed by atoms with Crippen molar-refractivity contribution in [3.8, 4) is 0 Å². The number of carbonyl (C=O) groups is 2. The van der Waals surface area contributed by atoms with E-state index < -0.39 is 12.0 Å². The van der Waals surface area contributed by atoms with E-state index in [1.54, 1.807) is 0 Å². The molecule has 6 heteroatoms. The minimum atomic E-state index is -0.968. The van der Waals surface area contributed by atoms with Crippen LogP contribution in [0.4, 0.5) is 0 Å².